The van der Waals surface area contributed by atoms with Crippen LogP contribution in [0.25, 0.3) is 0 Å². The van der Waals surface area contributed by atoms with Crippen molar-refractivity contribution in [2.24, 2.45) is 0 Å². The Balaban J connectivity index is 1.92. The van der Waals surface area contributed by atoms with Crippen molar-refractivity contribution < 1.29 is 28.6 Å². The number of hydrogen-bond donors (Lipinski definition) is 1. The Kier molecular flexibility index (Phi) is 7.04. The molecule has 1 aromatic rings. The lowest BCUT2D eigenvalue weighted by atomic mass is 10.2. The Hall–Kier alpha value is -2.77. The number of hydrogen-bond acceptors (Lipinski definition) is 6. The number of ether oxygens (including phenoxy) is 3. The average molecular weight is 378 g/mol. The Morgan fingerprint density at radius 3 is 2.56 bits per heavy atom. The van der Waals surface area contributed by atoms with Crippen LogP contribution in [-0.2, 0) is 25.6 Å². The van der Waals surface area contributed by atoms with Crippen molar-refractivity contribution in [3.63, 3.8) is 0 Å². The third kappa shape index (κ3) is 7.55. The molecule has 1 aliphatic heterocycles. The number of benzene rings is 1. The van der Waals surface area contributed by atoms with Crippen LogP contribution in [-0.4, -0.2) is 54.4 Å². The molecule has 0 unspecified atom stereocenters. The van der Waals surface area contributed by atoms with Crippen LogP contribution in [0.2, 0.25) is 0 Å². The smallest absolute Gasteiger partial charge is 0.410 e. The SMILES string of the molecule is CC(C)(C)OC(=O)N[C@@H](CC(=O)OCc1ccccc1)CN1CCOC1=O. The maximum atomic E-state index is 12.2. The third-order valence-corrected chi connectivity index (χ3v) is 3.66. The number of carbonyl (C=O) groups is 3. The number of rotatable bonds is 7. The fourth-order valence-electron chi connectivity index (χ4n) is 2.49. The van der Waals surface area contributed by atoms with Gasteiger partial charge in [0.2, 0.25) is 0 Å². The van der Waals surface area contributed by atoms with Crippen LogP contribution in [0.3, 0.4) is 0 Å². The van der Waals surface area contributed by atoms with Gasteiger partial charge in [0.15, 0.2) is 0 Å². The summed E-state index contributed by atoms with van der Waals surface area (Å²) in [6.07, 6.45) is -1.21. The van der Waals surface area contributed by atoms with E-state index in [1.165, 1.54) is 4.90 Å². The van der Waals surface area contributed by atoms with E-state index in [9.17, 15) is 14.4 Å². The lowest BCUT2D eigenvalue weighted by Crippen LogP contribution is -2.47. The number of nitrogens with zero attached hydrogens (tertiary/aromatic N) is 1. The molecule has 0 radical (unpaired) electrons. The Morgan fingerprint density at radius 1 is 1.26 bits per heavy atom. The fourth-order valence-corrected chi connectivity index (χ4v) is 2.49. The first-order valence-electron chi connectivity index (χ1n) is 8.84. The molecule has 0 aromatic heterocycles. The molecule has 2 rings (SSSR count). The molecule has 0 saturated carbocycles. The van der Waals surface area contributed by atoms with Crippen LogP contribution >= 0.6 is 0 Å². The van der Waals surface area contributed by atoms with Crippen LogP contribution in [0, 0.1) is 0 Å². The van der Waals surface area contributed by atoms with Crippen LogP contribution in [0.4, 0.5) is 9.59 Å². The van der Waals surface area contributed by atoms with E-state index in [4.69, 9.17) is 14.2 Å². The third-order valence-electron chi connectivity index (χ3n) is 3.66. The van der Waals surface area contributed by atoms with E-state index in [1.54, 1.807) is 20.8 Å². The lowest BCUT2D eigenvalue weighted by molar-refractivity contribution is -0.145. The number of amides is 2. The Morgan fingerprint density at radius 2 is 1.96 bits per heavy atom. The van der Waals surface area contributed by atoms with Gasteiger partial charge < -0.3 is 24.4 Å². The van der Waals surface area contributed by atoms with Crippen LogP contribution < -0.4 is 5.32 Å². The highest BCUT2D eigenvalue weighted by molar-refractivity contribution is 5.74. The second kappa shape index (κ2) is 9.25. The molecule has 1 aromatic carbocycles. The van der Waals surface area contributed by atoms with Crippen LogP contribution in [0.1, 0.15) is 32.8 Å². The number of carbonyl (C=O) groups excluding carboxylic acids is 3. The van der Waals surface area contributed by atoms with E-state index in [-0.39, 0.29) is 26.2 Å². The van der Waals surface area contributed by atoms with Gasteiger partial charge in [-0.05, 0) is 26.3 Å². The van der Waals surface area contributed by atoms with Gasteiger partial charge in [0.1, 0.15) is 18.8 Å². The van der Waals surface area contributed by atoms with E-state index in [0.29, 0.717) is 6.54 Å². The molecule has 1 N–H and O–H groups in total. The number of nitrogens with one attached hydrogen (secondary N) is 1. The van der Waals surface area contributed by atoms with Crippen molar-refractivity contribution in [3.05, 3.63) is 35.9 Å². The van der Waals surface area contributed by atoms with E-state index in [1.807, 2.05) is 30.3 Å². The molecular weight excluding hydrogens is 352 g/mol. The first-order valence-corrected chi connectivity index (χ1v) is 8.84. The zero-order chi connectivity index (χ0) is 19.9. The Bertz CT molecular complexity index is 656. The van der Waals surface area contributed by atoms with Gasteiger partial charge in [0.25, 0.3) is 0 Å². The fraction of sp³-hybridized carbons (Fsp3) is 0.526. The molecule has 1 heterocycles. The maximum Gasteiger partial charge on any atom is 0.410 e. The minimum Gasteiger partial charge on any atom is -0.461 e. The van der Waals surface area contributed by atoms with Crippen molar-refractivity contribution in [2.45, 2.75) is 45.4 Å². The standard InChI is InChI=1S/C19H26N2O6/c1-19(2,3)27-17(23)20-15(12-21-9-10-25-18(21)24)11-16(22)26-13-14-7-5-4-6-8-14/h4-8,15H,9-13H2,1-3H3,(H,20,23)/t15-/m0/s1. The minimum absolute atomic E-state index is 0.0874. The van der Waals surface area contributed by atoms with E-state index in [2.05, 4.69) is 5.32 Å². The maximum absolute atomic E-state index is 12.2. The molecule has 1 atom stereocenters. The zero-order valence-corrected chi connectivity index (χ0v) is 15.9. The summed E-state index contributed by atoms with van der Waals surface area (Å²) >= 11 is 0. The van der Waals surface area contributed by atoms with E-state index in [0.717, 1.165) is 5.56 Å². The van der Waals surface area contributed by atoms with Crippen molar-refractivity contribution >= 4 is 18.2 Å². The summed E-state index contributed by atoms with van der Waals surface area (Å²) in [5.41, 5.74) is 0.195. The summed E-state index contributed by atoms with van der Waals surface area (Å²) in [7, 11) is 0. The lowest BCUT2D eigenvalue weighted by Gasteiger charge is -2.25. The molecule has 27 heavy (non-hydrogen) atoms. The summed E-state index contributed by atoms with van der Waals surface area (Å²) in [6.45, 7) is 6.21. The molecule has 2 amide bonds. The average Bonchev–Trinajstić information content (AvgIpc) is 2.97. The summed E-state index contributed by atoms with van der Waals surface area (Å²) in [5, 5.41) is 2.64. The minimum atomic E-state index is -0.672. The van der Waals surface area contributed by atoms with Crippen LogP contribution in [0.5, 0.6) is 0 Å². The largest absolute Gasteiger partial charge is 0.461 e. The van der Waals surface area contributed by atoms with E-state index >= 15 is 0 Å². The second-order valence-corrected chi connectivity index (χ2v) is 7.25. The summed E-state index contributed by atoms with van der Waals surface area (Å²) < 4.78 is 15.4. The van der Waals surface area contributed by atoms with Crippen molar-refractivity contribution in [2.75, 3.05) is 19.7 Å². The topological polar surface area (TPSA) is 94.2 Å². The zero-order valence-electron chi connectivity index (χ0n) is 15.9. The molecule has 1 fully saturated rings. The molecule has 8 heteroatoms. The van der Waals surface area contributed by atoms with E-state index < -0.39 is 29.8 Å². The predicted octanol–water partition coefficient (Wildman–Crippen LogP) is 2.47. The highest BCUT2D eigenvalue weighted by Gasteiger charge is 2.29. The van der Waals surface area contributed by atoms with Crippen molar-refractivity contribution in [1.29, 1.82) is 0 Å². The van der Waals surface area contributed by atoms with Gasteiger partial charge >= 0.3 is 18.2 Å². The van der Waals surface area contributed by atoms with Gasteiger partial charge in [-0.1, -0.05) is 30.3 Å². The second-order valence-electron chi connectivity index (χ2n) is 7.25. The summed E-state index contributed by atoms with van der Waals surface area (Å²) in [6, 6.07) is 8.65. The highest BCUT2D eigenvalue weighted by atomic mass is 16.6. The normalized spacial score (nSPS) is 15.1. The van der Waals surface area contributed by atoms with Gasteiger partial charge in [0, 0.05) is 6.54 Å². The molecule has 0 spiro atoms. The van der Waals surface area contributed by atoms with Crippen molar-refractivity contribution in [1.82, 2.24) is 10.2 Å². The number of esters is 1. The van der Waals surface area contributed by atoms with Gasteiger partial charge in [-0.3, -0.25) is 4.79 Å². The molecular formula is C19H26N2O6. The Labute approximate surface area is 158 Å². The summed E-state index contributed by atoms with van der Waals surface area (Å²) in [4.78, 5) is 37.4. The predicted molar refractivity (Wildman–Crippen MR) is 96.9 cm³/mol. The molecule has 8 nitrogen and oxygen atoms in total. The summed E-state index contributed by atoms with van der Waals surface area (Å²) in [5.74, 6) is -0.479. The van der Waals surface area contributed by atoms with Gasteiger partial charge in [-0.2, -0.15) is 0 Å². The first kappa shape index (κ1) is 20.5. The van der Waals surface area contributed by atoms with Gasteiger partial charge in [0.05, 0.1) is 19.0 Å². The molecule has 0 aliphatic carbocycles. The molecule has 0 bridgehead atoms. The first-order chi connectivity index (χ1) is 12.7. The molecule has 1 saturated heterocycles. The monoisotopic (exact) mass is 378 g/mol. The van der Waals surface area contributed by atoms with Crippen molar-refractivity contribution in [3.8, 4) is 0 Å². The quantitative estimate of drug-likeness (QED) is 0.579. The highest BCUT2D eigenvalue weighted by Crippen LogP contribution is 2.11. The molecule has 148 valence electrons. The van der Waals surface area contributed by atoms with Gasteiger partial charge in [-0.15, -0.1) is 0 Å². The van der Waals surface area contributed by atoms with Crippen LogP contribution in [0.15, 0.2) is 30.3 Å². The van der Waals surface area contributed by atoms with Gasteiger partial charge in [-0.25, -0.2) is 9.59 Å². The number of alkyl carbamates (subject to hydrolysis) is 1. The molecule has 1 aliphatic rings. The number of cyclic esters (lactones) is 1.